The van der Waals surface area contributed by atoms with Crippen molar-refractivity contribution < 1.29 is 5.11 Å². The first kappa shape index (κ1) is 13.4. The zero-order valence-electron chi connectivity index (χ0n) is 12.0. The predicted molar refractivity (Wildman–Crippen MR) is 82.8 cm³/mol. The van der Waals surface area contributed by atoms with Crippen molar-refractivity contribution in [2.24, 2.45) is 5.92 Å². The van der Waals surface area contributed by atoms with Crippen LogP contribution < -0.4 is 0 Å². The number of benzene rings is 2. The molecule has 3 rings (SSSR count). The van der Waals surface area contributed by atoms with Crippen LogP contribution in [0.25, 0.3) is 0 Å². The van der Waals surface area contributed by atoms with E-state index in [1.54, 1.807) is 0 Å². The van der Waals surface area contributed by atoms with E-state index < -0.39 is 0 Å². The molecule has 0 bridgehead atoms. The van der Waals surface area contributed by atoms with Gasteiger partial charge in [-0.3, -0.25) is 0 Å². The maximum Gasteiger partial charge on any atom is 0.0614 e. The summed E-state index contributed by atoms with van der Waals surface area (Å²) in [4.78, 5) is 0. The van der Waals surface area contributed by atoms with Crippen molar-refractivity contribution in [3.8, 4) is 0 Å². The van der Waals surface area contributed by atoms with E-state index in [0.29, 0.717) is 11.8 Å². The highest BCUT2D eigenvalue weighted by atomic mass is 16.3. The second-order valence-corrected chi connectivity index (χ2v) is 5.86. The molecule has 1 N–H and O–H groups in total. The highest BCUT2D eigenvalue weighted by Gasteiger charge is 2.42. The van der Waals surface area contributed by atoms with Gasteiger partial charge in [0.1, 0.15) is 0 Å². The topological polar surface area (TPSA) is 20.2 Å². The maximum atomic E-state index is 10.4. The van der Waals surface area contributed by atoms with Crippen LogP contribution in [-0.4, -0.2) is 11.2 Å². The number of rotatable bonds is 5. The average Bonchev–Trinajstić information content (AvgIpc) is 3.29. The molecule has 2 aromatic rings. The van der Waals surface area contributed by atoms with Gasteiger partial charge in [-0.2, -0.15) is 0 Å². The SMILES string of the molecule is CCc1ccc(CC(O)C2CC2c2ccccc2)cc1. The van der Waals surface area contributed by atoms with Crippen LogP contribution in [0.5, 0.6) is 0 Å². The van der Waals surface area contributed by atoms with E-state index in [1.807, 2.05) is 6.07 Å². The molecule has 104 valence electrons. The van der Waals surface area contributed by atoms with Crippen LogP contribution in [0.15, 0.2) is 54.6 Å². The largest absolute Gasteiger partial charge is 0.392 e. The summed E-state index contributed by atoms with van der Waals surface area (Å²) in [7, 11) is 0. The Balaban J connectivity index is 1.59. The molecular weight excluding hydrogens is 244 g/mol. The van der Waals surface area contributed by atoms with E-state index in [1.165, 1.54) is 16.7 Å². The Morgan fingerprint density at radius 3 is 2.30 bits per heavy atom. The van der Waals surface area contributed by atoms with Crippen molar-refractivity contribution in [1.82, 2.24) is 0 Å². The summed E-state index contributed by atoms with van der Waals surface area (Å²) in [6, 6.07) is 19.2. The van der Waals surface area contributed by atoms with Gasteiger partial charge in [-0.1, -0.05) is 61.5 Å². The molecule has 0 heterocycles. The molecule has 2 aromatic carbocycles. The Labute approximate surface area is 121 Å². The van der Waals surface area contributed by atoms with Gasteiger partial charge in [0, 0.05) is 0 Å². The molecule has 0 aromatic heterocycles. The Morgan fingerprint density at radius 2 is 1.65 bits per heavy atom. The quantitative estimate of drug-likeness (QED) is 0.868. The average molecular weight is 266 g/mol. The van der Waals surface area contributed by atoms with Crippen LogP contribution >= 0.6 is 0 Å². The molecular formula is C19H22O. The molecule has 1 nitrogen and oxygen atoms in total. The van der Waals surface area contributed by atoms with Gasteiger partial charge in [0.15, 0.2) is 0 Å². The van der Waals surface area contributed by atoms with Gasteiger partial charge >= 0.3 is 0 Å². The van der Waals surface area contributed by atoms with E-state index in [0.717, 1.165) is 19.3 Å². The minimum absolute atomic E-state index is 0.215. The summed E-state index contributed by atoms with van der Waals surface area (Å²) in [5, 5.41) is 10.4. The molecule has 3 unspecified atom stereocenters. The first-order valence-corrected chi connectivity index (χ1v) is 7.58. The van der Waals surface area contributed by atoms with Gasteiger partial charge in [-0.15, -0.1) is 0 Å². The summed E-state index contributed by atoms with van der Waals surface area (Å²) in [5.41, 5.74) is 3.98. The van der Waals surface area contributed by atoms with E-state index in [2.05, 4.69) is 55.5 Å². The van der Waals surface area contributed by atoms with E-state index in [4.69, 9.17) is 0 Å². The van der Waals surface area contributed by atoms with Crippen LogP contribution in [0.2, 0.25) is 0 Å². The Bertz CT molecular complexity index is 544. The fourth-order valence-electron chi connectivity index (χ4n) is 3.03. The van der Waals surface area contributed by atoms with Gasteiger partial charge < -0.3 is 5.11 Å². The van der Waals surface area contributed by atoms with Gasteiger partial charge in [-0.25, -0.2) is 0 Å². The van der Waals surface area contributed by atoms with Gasteiger partial charge in [0.2, 0.25) is 0 Å². The monoisotopic (exact) mass is 266 g/mol. The lowest BCUT2D eigenvalue weighted by Gasteiger charge is -2.11. The molecule has 0 radical (unpaired) electrons. The normalized spacial score (nSPS) is 22.5. The number of aliphatic hydroxyl groups is 1. The summed E-state index contributed by atoms with van der Waals surface area (Å²) < 4.78 is 0. The van der Waals surface area contributed by atoms with Crippen LogP contribution in [0.1, 0.15) is 36.0 Å². The third-order valence-corrected chi connectivity index (χ3v) is 4.44. The van der Waals surface area contributed by atoms with E-state index in [9.17, 15) is 5.11 Å². The zero-order chi connectivity index (χ0) is 13.9. The zero-order valence-corrected chi connectivity index (χ0v) is 12.0. The summed E-state index contributed by atoms with van der Waals surface area (Å²) >= 11 is 0. The maximum absolute atomic E-state index is 10.4. The third kappa shape index (κ3) is 2.94. The molecule has 3 atom stereocenters. The van der Waals surface area contributed by atoms with E-state index in [-0.39, 0.29) is 6.10 Å². The minimum atomic E-state index is -0.215. The van der Waals surface area contributed by atoms with Gasteiger partial charge in [0.25, 0.3) is 0 Å². The van der Waals surface area contributed by atoms with Gasteiger partial charge in [0.05, 0.1) is 6.10 Å². The molecule has 0 amide bonds. The van der Waals surface area contributed by atoms with Crippen molar-refractivity contribution in [2.75, 3.05) is 0 Å². The van der Waals surface area contributed by atoms with Crippen LogP contribution in [0.4, 0.5) is 0 Å². The summed E-state index contributed by atoms with van der Waals surface area (Å²) in [6.07, 6.45) is 2.75. The number of aliphatic hydroxyl groups excluding tert-OH is 1. The van der Waals surface area contributed by atoms with Crippen LogP contribution in [0.3, 0.4) is 0 Å². The van der Waals surface area contributed by atoms with Crippen LogP contribution in [0, 0.1) is 5.92 Å². The van der Waals surface area contributed by atoms with Crippen molar-refractivity contribution >= 4 is 0 Å². The van der Waals surface area contributed by atoms with Crippen molar-refractivity contribution in [1.29, 1.82) is 0 Å². The Morgan fingerprint density at radius 1 is 1.00 bits per heavy atom. The predicted octanol–water partition coefficient (Wildman–Crippen LogP) is 3.96. The molecule has 1 heteroatoms. The molecule has 0 spiro atoms. The second kappa shape index (κ2) is 5.80. The number of aryl methyl sites for hydroxylation is 1. The standard InChI is InChI=1S/C19H22O/c1-2-14-8-10-15(11-9-14)12-19(20)18-13-17(18)16-6-4-3-5-7-16/h3-11,17-20H,2,12-13H2,1H3. The summed E-state index contributed by atoms with van der Waals surface area (Å²) in [5.74, 6) is 0.990. The fraction of sp³-hybridized carbons (Fsp3) is 0.368. The molecule has 1 aliphatic carbocycles. The molecule has 20 heavy (non-hydrogen) atoms. The first-order valence-electron chi connectivity index (χ1n) is 7.58. The lowest BCUT2D eigenvalue weighted by molar-refractivity contribution is 0.149. The third-order valence-electron chi connectivity index (χ3n) is 4.44. The molecule has 0 aliphatic heterocycles. The number of hydrogen-bond donors (Lipinski definition) is 1. The molecule has 1 aliphatic rings. The molecule has 1 fully saturated rings. The van der Waals surface area contributed by atoms with Crippen LogP contribution in [-0.2, 0) is 12.8 Å². The Kier molecular flexibility index (Phi) is 3.88. The lowest BCUT2D eigenvalue weighted by Crippen LogP contribution is -2.14. The van der Waals surface area contributed by atoms with Crippen molar-refractivity contribution in [2.45, 2.75) is 38.2 Å². The highest BCUT2D eigenvalue weighted by Crippen LogP contribution is 2.49. The molecule has 0 saturated heterocycles. The molecule has 1 saturated carbocycles. The Hall–Kier alpha value is -1.60. The summed E-state index contributed by atoms with van der Waals surface area (Å²) in [6.45, 7) is 2.17. The van der Waals surface area contributed by atoms with Gasteiger partial charge in [-0.05, 0) is 47.8 Å². The van der Waals surface area contributed by atoms with Crippen molar-refractivity contribution in [3.05, 3.63) is 71.3 Å². The second-order valence-electron chi connectivity index (χ2n) is 5.86. The highest BCUT2D eigenvalue weighted by molar-refractivity contribution is 5.28. The fourth-order valence-corrected chi connectivity index (χ4v) is 3.03. The first-order chi connectivity index (χ1) is 9.78. The smallest absolute Gasteiger partial charge is 0.0614 e. The minimum Gasteiger partial charge on any atom is -0.392 e. The number of hydrogen-bond acceptors (Lipinski definition) is 1. The lowest BCUT2D eigenvalue weighted by atomic mass is 10.00. The van der Waals surface area contributed by atoms with E-state index >= 15 is 0 Å². The van der Waals surface area contributed by atoms with Crippen molar-refractivity contribution in [3.63, 3.8) is 0 Å².